The van der Waals surface area contributed by atoms with E-state index in [1.54, 1.807) is 24.5 Å². The molecule has 1 fully saturated rings. The summed E-state index contributed by atoms with van der Waals surface area (Å²) in [6, 6.07) is 7.50. The smallest absolute Gasteiger partial charge is 0.191 e. The van der Waals surface area contributed by atoms with Crippen molar-refractivity contribution in [3.05, 3.63) is 34.8 Å². The lowest BCUT2D eigenvalue weighted by atomic mass is 10.2. The summed E-state index contributed by atoms with van der Waals surface area (Å²) in [5.41, 5.74) is 13.5. The van der Waals surface area contributed by atoms with Crippen LogP contribution in [0, 0.1) is 6.92 Å². The van der Waals surface area contributed by atoms with E-state index >= 15 is 0 Å². The Balaban J connectivity index is 1.44. The van der Waals surface area contributed by atoms with Gasteiger partial charge in [-0.15, -0.1) is 11.3 Å². The van der Waals surface area contributed by atoms with E-state index < -0.39 is 0 Å². The van der Waals surface area contributed by atoms with Gasteiger partial charge in [0, 0.05) is 55.0 Å². The Kier molecular flexibility index (Phi) is 7.86. The lowest BCUT2D eigenvalue weighted by molar-refractivity contribution is 0.188. The SMILES string of the molecule is COc1ccc(-c2nc(CSc3nc(N)cc(N)n3)c(C)s2)cc1OCCN1CCNCC1. The Morgan fingerprint density at radius 3 is 2.58 bits per heavy atom. The quantitative estimate of drug-likeness (QED) is 0.306. The summed E-state index contributed by atoms with van der Waals surface area (Å²) in [4.78, 5) is 16.9. The number of nitrogen functional groups attached to an aromatic ring is 2. The Hall–Kier alpha value is -2.60. The Bertz CT molecular complexity index is 1070. The van der Waals surface area contributed by atoms with E-state index in [1.807, 2.05) is 18.2 Å². The van der Waals surface area contributed by atoms with Crippen LogP contribution in [0.3, 0.4) is 0 Å². The van der Waals surface area contributed by atoms with E-state index in [4.69, 9.17) is 25.9 Å². The van der Waals surface area contributed by atoms with Crippen molar-refractivity contribution in [1.82, 2.24) is 25.2 Å². The predicted molar refractivity (Wildman–Crippen MR) is 134 cm³/mol. The standard InChI is InChI=1S/C22H29N7O2S2/c1-14-16(13-32-22-27-19(23)12-20(24)28-22)26-21(33-14)15-3-4-17(30-2)18(11-15)31-10-9-29-7-5-25-6-8-29/h3-4,11-12,25H,5-10,13H2,1-2H3,(H4,23,24,27,28). The number of ether oxygens (including phenoxy) is 2. The van der Waals surface area contributed by atoms with Crippen LogP contribution in [0.2, 0.25) is 0 Å². The van der Waals surface area contributed by atoms with E-state index in [0.29, 0.717) is 29.2 Å². The maximum absolute atomic E-state index is 6.10. The molecule has 0 unspecified atom stereocenters. The Morgan fingerprint density at radius 2 is 1.85 bits per heavy atom. The summed E-state index contributed by atoms with van der Waals surface area (Å²) in [7, 11) is 1.66. The van der Waals surface area contributed by atoms with Gasteiger partial charge < -0.3 is 26.3 Å². The molecule has 0 radical (unpaired) electrons. The molecule has 2 aromatic heterocycles. The minimum absolute atomic E-state index is 0.364. The monoisotopic (exact) mass is 487 g/mol. The summed E-state index contributed by atoms with van der Waals surface area (Å²) in [5, 5.41) is 4.85. The number of nitrogens with zero attached hydrogens (tertiary/aromatic N) is 4. The van der Waals surface area contributed by atoms with Crippen LogP contribution < -0.4 is 26.3 Å². The van der Waals surface area contributed by atoms with E-state index in [1.165, 1.54) is 11.8 Å². The highest BCUT2D eigenvalue weighted by molar-refractivity contribution is 7.98. The second-order valence-electron chi connectivity index (χ2n) is 7.62. The van der Waals surface area contributed by atoms with Crippen molar-refractivity contribution in [2.45, 2.75) is 17.8 Å². The highest BCUT2D eigenvalue weighted by Crippen LogP contribution is 2.36. The molecule has 9 nitrogen and oxygen atoms in total. The third-order valence-corrected chi connectivity index (χ3v) is 7.18. The predicted octanol–water partition coefficient (Wildman–Crippen LogP) is 2.66. The molecule has 0 bridgehead atoms. The molecule has 1 aliphatic heterocycles. The molecule has 0 aliphatic carbocycles. The fourth-order valence-corrected chi connectivity index (χ4v) is 5.39. The first-order chi connectivity index (χ1) is 16.0. The average molecular weight is 488 g/mol. The minimum Gasteiger partial charge on any atom is -0.493 e. The Morgan fingerprint density at radius 1 is 1.09 bits per heavy atom. The topological polar surface area (TPSA) is 124 Å². The van der Waals surface area contributed by atoms with Crippen molar-refractivity contribution >= 4 is 34.7 Å². The maximum Gasteiger partial charge on any atom is 0.191 e. The molecular formula is C22H29N7O2S2. The number of hydrogen-bond donors (Lipinski definition) is 3. The number of thioether (sulfide) groups is 1. The van der Waals surface area contributed by atoms with Crippen LogP contribution in [-0.4, -0.2) is 66.3 Å². The number of nitrogens with one attached hydrogen (secondary N) is 1. The van der Waals surface area contributed by atoms with Crippen LogP contribution in [0.4, 0.5) is 11.6 Å². The highest BCUT2D eigenvalue weighted by atomic mass is 32.2. The molecule has 33 heavy (non-hydrogen) atoms. The maximum atomic E-state index is 6.10. The summed E-state index contributed by atoms with van der Waals surface area (Å²) in [6.45, 7) is 7.73. The van der Waals surface area contributed by atoms with Gasteiger partial charge in [-0.25, -0.2) is 15.0 Å². The van der Waals surface area contributed by atoms with Gasteiger partial charge in [-0.3, -0.25) is 4.90 Å². The fraction of sp³-hybridized carbons (Fsp3) is 0.409. The zero-order valence-electron chi connectivity index (χ0n) is 18.8. The van der Waals surface area contributed by atoms with E-state index in [9.17, 15) is 0 Å². The molecule has 1 saturated heterocycles. The molecule has 0 amide bonds. The normalized spacial score (nSPS) is 14.4. The molecule has 1 aromatic carbocycles. The number of thiazole rings is 1. The van der Waals surface area contributed by atoms with Gasteiger partial charge in [0.2, 0.25) is 0 Å². The summed E-state index contributed by atoms with van der Waals surface area (Å²) < 4.78 is 11.6. The molecule has 0 spiro atoms. The van der Waals surface area contributed by atoms with Gasteiger partial charge in [0.15, 0.2) is 16.7 Å². The van der Waals surface area contributed by atoms with Gasteiger partial charge in [-0.2, -0.15) is 0 Å². The van der Waals surface area contributed by atoms with Crippen molar-refractivity contribution < 1.29 is 9.47 Å². The molecule has 3 heterocycles. The molecule has 4 rings (SSSR count). The number of nitrogens with two attached hydrogens (primary N) is 2. The largest absolute Gasteiger partial charge is 0.493 e. The van der Waals surface area contributed by atoms with Crippen LogP contribution in [-0.2, 0) is 5.75 Å². The third kappa shape index (κ3) is 6.26. The first-order valence-electron chi connectivity index (χ1n) is 10.7. The van der Waals surface area contributed by atoms with Gasteiger partial charge in [0.05, 0.1) is 12.8 Å². The van der Waals surface area contributed by atoms with Gasteiger partial charge in [0.1, 0.15) is 23.3 Å². The van der Waals surface area contributed by atoms with Gasteiger partial charge in [-0.1, -0.05) is 11.8 Å². The molecule has 3 aromatic rings. The highest BCUT2D eigenvalue weighted by Gasteiger charge is 2.15. The lowest BCUT2D eigenvalue weighted by Crippen LogP contribution is -2.44. The summed E-state index contributed by atoms with van der Waals surface area (Å²) in [6.07, 6.45) is 0. The zero-order valence-corrected chi connectivity index (χ0v) is 20.5. The molecule has 0 atom stereocenters. The zero-order chi connectivity index (χ0) is 23.2. The number of hydrogen-bond acceptors (Lipinski definition) is 11. The minimum atomic E-state index is 0.364. The fourth-order valence-electron chi connectivity index (χ4n) is 3.49. The second-order valence-corrected chi connectivity index (χ2v) is 9.76. The molecule has 1 aliphatic rings. The summed E-state index contributed by atoms with van der Waals surface area (Å²) in [5.74, 6) is 2.82. The van der Waals surface area contributed by atoms with Gasteiger partial charge >= 0.3 is 0 Å². The van der Waals surface area contributed by atoms with Crippen LogP contribution in [0.1, 0.15) is 10.6 Å². The van der Waals surface area contributed by atoms with Crippen molar-refractivity contribution in [3.8, 4) is 22.1 Å². The van der Waals surface area contributed by atoms with E-state index in [-0.39, 0.29) is 0 Å². The molecule has 11 heteroatoms. The number of benzene rings is 1. The summed E-state index contributed by atoms with van der Waals surface area (Å²) >= 11 is 3.12. The van der Waals surface area contributed by atoms with Crippen molar-refractivity contribution in [1.29, 1.82) is 0 Å². The first kappa shape index (κ1) is 23.6. The number of piperazine rings is 1. The van der Waals surface area contributed by atoms with Crippen LogP contribution in [0.25, 0.3) is 10.6 Å². The average Bonchev–Trinajstić information content (AvgIpc) is 3.18. The van der Waals surface area contributed by atoms with Gasteiger partial charge in [-0.05, 0) is 25.1 Å². The number of anilines is 2. The third-order valence-electron chi connectivity index (χ3n) is 5.26. The number of aryl methyl sites for hydroxylation is 1. The molecule has 5 N–H and O–H groups in total. The Labute approximate surface area is 201 Å². The van der Waals surface area contributed by atoms with Gasteiger partial charge in [0.25, 0.3) is 0 Å². The van der Waals surface area contributed by atoms with E-state index in [0.717, 1.165) is 65.4 Å². The second kappa shape index (κ2) is 11.0. The number of rotatable bonds is 9. The number of methoxy groups -OCH3 is 1. The number of aromatic nitrogens is 3. The van der Waals surface area contributed by atoms with Crippen LogP contribution >= 0.6 is 23.1 Å². The lowest BCUT2D eigenvalue weighted by Gasteiger charge is -2.27. The first-order valence-corrected chi connectivity index (χ1v) is 12.6. The van der Waals surface area contributed by atoms with Crippen LogP contribution in [0.5, 0.6) is 11.5 Å². The molecular weight excluding hydrogens is 458 g/mol. The van der Waals surface area contributed by atoms with Crippen molar-refractivity contribution in [3.63, 3.8) is 0 Å². The molecule has 176 valence electrons. The van der Waals surface area contributed by atoms with E-state index in [2.05, 4.69) is 27.1 Å². The van der Waals surface area contributed by atoms with Crippen molar-refractivity contribution in [2.24, 2.45) is 0 Å². The van der Waals surface area contributed by atoms with Crippen molar-refractivity contribution in [2.75, 3.05) is 57.9 Å². The molecule has 0 saturated carbocycles. The van der Waals surface area contributed by atoms with Crippen LogP contribution in [0.15, 0.2) is 29.4 Å².